The summed E-state index contributed by atoms with van der Waals surface area (Å²) in [5, 5.41) is 13.6. The maximum atomic E-state index is 14.9. The van der Waals surface area contributed by atoms with Crippen molar-refractivity contribution in [2.75, 3.05) is 32.6 Å². The highest BCUT2D eigenvalue weighted by molar-refractivity contribution is 5.95. The minimum Gasteiger partial charge on any atom is -0.493 e. The third-order valence-electron chi connectivity index (χ3n) is 6.86. The first-order valence-corrected chi connectivity index (χ1v) is 12.1. The molecule has 2 unspecified atom stereocenters. The van der Waals surface area contributed by atoms with Gasteiger partial charge in [-0.3, -0.25) is 4.79 Å². The lowest BCUT2D eigenvalue weighted by Crippen LogP contribution is -2.36. The van der Waals surface area contributed by atoms with Crippen molar-refractivity contribution in [2.45, 2.75) is 37.4 Å². The van der Waals surface area contributed by atoms with Crippen molar-refractivity contribution in [3.8, 4) is 22.8 Å². The van der Waals surface area contributed by atoms with E-state index in [2.05, 4.69) is 21.0 Å². The number of hydrogen-bond acceptors (Lipinski definition) is 6. The molecular formula is C26H28F3N5O3. The van der Waals surface area contributed by atoms with Gasteiger partial charge in [-0.25, -0.2) is 17.9 Å². The van der Waals surface area contributed by atoms with Gasteiger partial charge in [0.1, 0.15) is 17.7 Å². The zero-order chi connectivity index (χ0) is 26.1. The zero-order valence-electron chi connectivity index (χ0n) is 20.4. The molecule has 11 heteroatoms. The van der Waals surface area contributed by atoms with E-state index in [1.165, 1.54) is 31.0 Å². The summed E-state index contributed by atoms with van der Waals surface area (Å²) < 4.78 is 55.0. The van der Waals surface area contributed by atoms with Gasteiger partial charge in [-0.15, -0.1) is 0 Å². The molecular weight excluding hydrogens is 487 g/mol. The molecule has 0 spiro atoms. The molecule has 3 N–H and O–H groups in total. The molecule has 2 aliphatic rings. The monoisotopic (exact) mass is 515 g/mol. The molecule has 5 rings (SSSR count). The Kier molecular flexibility index (Phi) is 6.96. The van der Waals surface area contributed by atoms with E-state index >= 15 is 0 Å². The van der Waals surface area contributed by atoms with Crippen LogP contribution in [0.5, 0.6) is 11.5 Å². The number of fused-ring (bicyclic) bond motifs is 1. The van der Waals surface area contributed by atoms with E-state index in [0.29, 0.717) is 35.1 Å². The number of alkyl halides is 2. The first-order valence-electron chi connectivity index (χ1n) is 12.1. The Morgan fingerprint density at radius 2 is 1.95 bits per heavy atom. The zero-order valence-corrected chi connectivity index (χ0v) is 20.4. The summed E-state index contributed by atoms with van der Waals surface area (Å²) in [7, 11) is 3.04. The summed E-state index contributed by atoms with van der Waals surface area (Å²) in [4.78, 5) is 12.5. The maximum Gasteiger partial charge on any atom is 0.260 e. The number of benzene rings is 2. The van der Waals surface area contributed by atoms with Crippen LogP contribution >= 0.6 is 0 Å². The summed E-state index contributed by atoms with van der Waals surface area (Å²) in [5.74, 6) is 0.243. The number of methoxy groups -OCH3 is 2. The summed E-state index contributed by atoms with van der Waals surface area (Å²) in [5.41, 5.74) is 1.40. The van der Waals surface area contributed by atoms with Crippen molar-refractivity contribution < 1.29 is 27.4 Å². The quantitative estimate of drug-likeness (QED) is 0.438. The minimum atomic E-state index is -2.66. The molecule has 3 atom stereocenters. The number of nitrogens with one attached hydrogen (secondary N) is 3. The lowest BCUT2D eigenvalue weighted by atomic mass is 9.97. The molecule has 2 aromatic carbocycles. The number of amides is 1. The van der Waals surface area contributed by atoms with Crippen LogP contribution in [0.4, 0.5) is 19.0 Å². The van der Waals surface area contributed by atoms with Gasteiger partial charge in [0, 0.05) is 24.2 Å². The van der Waals surface area contributed by atoms with Crippen molar-refractivity contribution >= 4 is 11.7 Å². The van der Waals surface area contributed by atoms with Gasteiger partial charge in [0.25, 0.3) is 12.3 Å². The van der Waals surface area contributed by atoms with E-state index in [1.54, 1.807) is 30.3 Å². The number of carbonyl (C=O) groups excluding carboxylic acids is 1. The molecule has 2 aliphatic heterocycles. The summed E-state index contributed by atoms with van der Waals surface area (Å²) in [6, 6.07) is 9.42. The normalized spacial score (nSPS) is 20.9. The van der Waals surface area contributed by atoms with E-state index in [0.717, 1.165) is 18.5 Å². The van der Waals surface area contributed by atoms with Crippen LogP contribution in [0.15, 0.2) is 42.5 Å². The van der Waals surface area contributed by atoms with Crippen LogP contribution in [0.2, 0.25) is 0 Å². The predicted molar refractivity (Wildman–Crippen MR) is 132 cm³/mol. The molecule has 1 fully saturated rings. The fourth-order valence-corrected chi connectivity index (χ4v) is 4.87. The van der Waals surface area contributed by atoms with Crippen LogP contribution in [0.3, 0.4) is 0 Å². The molecule has 0 bridgehead atoms. The largest absolute Gasteiger partial charge is 0.493 e. The van der Waals surface area contributed by atoms with E-state index in [9.17, 15) is 18.0 Å². The maximum absolute atomic E-state index is 14.9. The third kappa shape index (κ3) is 4.95. The van der Waals surface area contributed by atoms with Crippen molar-refractivity contribution in [3.05, 3.63) is 59.4 Å². The molecule has 3 aromatic rings. The van der Waals surface area contributed by atoms with Crippen molar-refractivity contribution in [2.24, 2.45) is 0 Å². The van der Waals surface area contributed by atoms with Gasteiger partial charge in [-0.2, -0.15) is 5.10 Å². The number of aromatic nitrogens is 2. The van der Waals surface area contributed by atoms with Crippen LogP contribution in [-0.2, 0) is 0 Å². The molecule has 0 radical (unpaired) electrons. The first kappa shape index (κ1) is 24.9. The summed E-state index contributed by atoms with van der Waals surface area (Å²) in [6.45, 7) is 1.45. The third-order valence-corrected chi connectivity index (χ3v) is 6.86. The molecule has 8 nitrogen and oxygen atoms in total. The van der Waals surface area contributed by atoms with Gasteiger partial charge in [-0.1, -0.05) is 12.1 Å². The molecule has 0 aliphatic carbocycles. The Morgan fingerprint density at radius 3 is 2.62 bits per heavy atom. The molecule has 1 aromatic heterocycles. The second-order valence-electron chi connectivity index (χ2n) is 9.17. The van der Waals surface area contributed by atoms with E-state index < -0.39 is 30.2 Å². The molecule has 196 valence electrons. The first-order chi connectivity index (χ1) is 17.9. The highest BCUT2D eigenvalue weighted by atomic mass is 19.3. The number of rotatable bonds is 7. The van der Waals surface area contributed by atoms with Crippen molar-refractivity contribution in [1.29, 1.82) is 0 Å². The van der Waals surface area contributed by atoms with Gasteiger partial charge in [-0.05, 0) is 49.2 Å². The standard InChI is InChI=1S/C26H28F3N5O3/c1-36-22-6-4-15(10-23(22)37-2)19-11-21(25(28)29)34-24(32-19)12-20(33-34)14-3-5-17(18(27)9-14)26(35)31-16-7-8-30-13-16/h3-6,9-10,12,16,19,21,25,30,32H,7-8,11,13H2,1-2H3,(H,31,35)/t16-,19?,21?/m1/s1. The van der Waals surface area contributed by atoms with Crippen molar-refractivity contribution in [1.82, 2.24) is 20.4 Å². The van der Waals surface area contributed by atoms with E-state index in [4.69, 9.17) is 9.47 Å². The van der Waals surface area contributed by atoms with Crippen LogP contribution in [0, 0.1) is 5.82 Å². The number of nitrogens with zero attached hydrogens (tertiary/aromatic N) is 2. The fraction of sp³-hybridized carbons (Fsp3) is 0.385. The average Bonchev–Trinajstić information content (AvgIpc) is 3.57. The molecule has 0 saturated carbocycles. The molecule has 1 amide bonds. The van der Waals surface area contributed by atoms with Crippen LogP contribution in [0.25, 0.3) is 11.3 Å². The predicted octanol–water partition coefficient (Wildman–Crippen LogP) is 4.16. The topological polar surface area (TPSA) is 89.4 Å². The molecule has 3 heterocycles. The van der Waals surface area contributed by atoms with Gasteiger partial charge >= 0.3 is 0 Å². The Hall–Kier alpha value is -3.73. The molecule has 37 heavy (non-hydrogen) atoms. The number of hydrogen-bond donors (Lipinski definition) is 3. The number of halogens is 3. The highest BCUT2D eigenvalue weighted by Crippen LogP contribution is 2.41. The van der Waals surface area contributed by atoms with Gasteiger partial charge in [0.15, 0.2) is 11.5 Å². The smallest absolute Gasteiger partial charge is 0.260 e. The Morgan fingerprint density at radius 1 is 1.14 bits per heavy atom. The number of ether oxygens (including phenoxy) is 2. The lowest BCUT2D eigenvalue weighted by Gasteiger charge is -2.32. The van der Waals surface area contributed by atoms with Crippen molar-refractivity contribution in [3.63, 3.8) is 0 Å². The molecule has 1 saturated heterocycles. The second kappa shape index (κ2) is 10.3. The van der Waals surface area contributed by atoms with Crippen LogP contribution in [-0.4, -0.2) is 55.5 Å². The van der Waals surface area contributed by atoms with Gasteiger partial charge in [0.2, 0.25) is 0 Å². The van der Waals surface area contributed by atoms with Gasteiger partial charge < -0.3 is 25.4 Å². The Labute approximate surface area is 212 Å². The number of carbonyl (C=O) groups is 1. The SMILES string of the molecule is COc1ccc(C2CC(C(F)F)n3nc(-c4ccc(C(=O)N[C@@H]5CCNC5)c(F)c4)cc3N2)cc1OC. The Balaban J connectivity index is 1.41. The van der Waals surface area contributed by atoms with Crippen LogP contribution in [0.1, 0.15) is 40.8 Å². The fourth-order valence-electron chi connectivity index (χ4n) is 4.87. The van der Waals surface area contributed by atoms with E-state index in [1.807, 2.05) is 0 Å². The summed E-state index contributed by atoms with van der Waals surface area (Å²) >= 11 is 0. The summed E-state index contributed by atoms with van der Waals surface area (Å²) in [6.07, 6.45) is -1.79. The van der Waals surface area contributed by atoms with Gasteiger partial charge in [0.05, 0.1) is 31.5 Å². The van der Waals surface area contributed by atoms with E-state index in [-0.39, 0.29) is 18.0 Å². The Bertz CT molecular complexity index is 1290. The second-order valence-corrected chi connectivity index (χ2v) is 9.17. The highest BCUT2D eigenvalue weighted by Gasteiger charge is 2.35. The average molecular weight is 516 g/mol. The minimum absolute atomic E-state index is 0.0394. The number of anilines is 1. The lowest BCUT2D eigenvalue weighted by molar-refractivity contribution is 0.0659. The van der Waals surface area contributed by atoms with Crippen LogP contribution < -0.4 is 25.4 Å².